The molecule has 92 valence electrons. The maximum absolute atomic E-state index is 12.0. The lowest BCUT2D eigenvalue weighted by Crippen LogP contribution is -2.07. The minimum absolute atomic E-state index is 0.154. The molecule has 0 spiro atoms. The van der Waals surface area contributed by atoms with Gasteiger partial charge in [-0.05, 0) is 34.1 Å². The molecule has 0 radical (unpaired) electrons. The number of carbonyl (C=O) groups excluding carboxylic acids is 1. The van der Waals surface area contributed by atoms with E-state index in [4.69, 9.17) is 23.2 Å². The van der Waals surface area contributed by atoms with Gasteiger partial charge < -0.3 is 0 Å². The van der Waals surface area contributed by atoms with Gasteiger partial charge in [0, 0.05) is 22.6 Å². The summed E-state index contributed by atoms with van der Waals surface area (Å²) in [6.45, 7) is 0. The van der Waals surface area contributed by atoms with Crippen LogP contribution in [-0.4, -0.2) is 15.8 Å². The Bertz CT molecular complexity index is 587. The Morgan fingerprint density at radius 1 is 1.22 bits per heavy atom. The van der Waals surface area contributed by atoms with E-state index in [0.29, 0.717) is 10.7 Å². The number of Topliss-reactive ketones (excluding diaryl/α,β-unsaturated/α-hetero) is 1. The van der Waals surface area contributed by atoms with E-state index in [1.807, 2.05) is 6.07 Å². The lowest BCUT2D eigenvalue weighted by atomic mass is 10.1. The number of hydrogen-bond donors (Lipinski definition) is 0. The lowest BCUT2D eigenvalue weighted by molar-refractivity contribution is 0.0987. The SMILES string of the molecule is O=C(Cc1ccc(Br)cn1)c1ncc(Cl)cc1Cl. The van der Waals surface area contributed by atoms with Gasteiger partial charge in [-0.2, -0.15) is 0 Å². The summed E-state index contributed by atoms with van der Waals surface area (Å²) in [5.41, 5.74) is 0.877. The largest absolute Gasteiger partial charge is 0.292 e. The first-order chi connectivity index (χ1) is 8.56. The molecule has 0 aromatic carbocycles. The molecule has 6 heteroatoms. The molecule has 0 fully saturated rings. The highest BCUT2D eigenvalue weighted by atomic mass is 79.9. The number of rotatable bonds is 3. The number of nitrogens with zero attached hydrogens (tertiary/aromatic N) is 2. The van der Waals surface area contributed by atoms with Crippen molar-refractivity contribution < 1.29 is 4.79 Å². The fraction of sp³-hybridized carbons (Fsp3) is 0.0833. The highest BCUT2D eigenvalue weighted by Gasteiger charge is 2.13. The number of hydrogen-bond acceptors (Lipinski definition) is 3. The van der Waals surface area contributed by atoms with Gasteiger partial charge in [-0.25, -0.2) is 4.98 Å². The van der Waals surface area contributed by atoms with Gasteiger partial charge in [0.05, 0.1) is 16.5 Å². The van der Waals surface area contributed by atoms with Crippen molar-refractivity contribution in [3.05, 3.63) is 56.5 Å². The zero-order valence-electron chi connectivity index (χ0n) is 9.03. The van der Waals surface area contributed by atoms with Crippen LogP contribution in [0.1, 0.15) is 16.2 Å². The maximum atomic E-state index is 12.0. The van der Waals surface area contributed by atoms with Crippen molar-refractivity contribution in [3.63, 3.8) is 0 Å². The third-order valence-corrected chi connectivity index (χ3v) is 3.17. The van der Waals surface area contributed by atoms with E-state index in [1.54, 1.807) is 12.3 Å². The highest BCUT2D eigenvalue weighted by Crippen LogP contribution is 2.20. The molecule has 0 unspecified atom stereocenters. The van der Waals surface area contributed by atoms with Crippen LogP contribution in [0.15, 0.2) is 35.1 Å². The summed E-state index contributed by atoms with van der Waals surface area (Å²) in [7, 11) is 0. The van der Waals surface area contributed by atoms with Crippen molar-refractivity contribution >= 4 is 44.9 Å². The van der Waals surface area contributed by atoms with Crippen LogP contribution in [-0.2, 0) is 6.42 Å². The first kappa shape index (κ1) is 13.5. The second-order valence-corrected chi connectivity index (χ2v) is 5.31. The summed E-state index contributed by atoms with van der Waals surface area (Å²) in [6.07, 6.45) is 3.19. The number of halogens is 3. The van der Waals surface area contributed by atoms with Crippen LogP contribution in [0.25, 0.3) is 0 Å². The predicted octanol–water partition coefficient (Wildman–Crippen LogP) is 3.97. The van der Waals surface area contributed by atoms with Crippen molar-refractivity contribution in [2.45, 2.75) is 6.42 Å². The van der Waals surface area contributed by atoms with E-state index in [0.717, 1.165) is 4.47 Å². The van der Waals surface area contributed by atoms with Crippen molar-refractivity contribution in [2.24, 2.45) is 0 Å². The first-order valence-electron chi connectivity index (χ1n) is 5.01. The van der Waals surface area contributed by atoms with E-state index < -0.39 is 0 Å². The normalized spacial score (nSPS) is 10.4. The molecule has 0 atom stereocenters. The smallest absolute Gasteiger partial charge is 0.188 e. The Balaban J connectivity index is 2.19. The molecule has 2 rings (SSSR count). The van der Waals surface area contributed by atoms with E-state index in [9.17, 15) is 4.79 Å². The van der Waals surface area contributed by atoms with Crippen LogP contribution in [0.5, 0.6) is 0 Å². The van der Waals surface area contributed by atoms with Crippen LogP contribution < -0.4 is 0 Å². The number of aromatic nitrogens is 2. The molecule has 3 nitrogen and oxygen atoms in total. The number of carbonyl (C=O) groups is 1. The van der Waals surface area contributed by atoms with Crippen molar-refractivity contribution in [1.29, 1.82) is 0 Å². The van der Waals surface area contributed by atoms with Crippen LogP contribution in [0, 0.1) is 0 Å². The summed E-state index contributed by atoms with van der Waals surface area (Å²) < 4.78 is 0.862. The summed E-state index contributed by atoms with van der Waals surface area (Å²) >= 11 is 14.9. The fourth-order valence-electron chi connectivity index (χ4n) is 1.38. The molecule has 0 bridgehead atoms. The van der Waals surface area contributed by atoms with Gasteiger partial charge >= 0.3 is 0 Å². The molecule has 0 N–H and O–H groups in total. The van der Waals surface area contributed by atoms with E-state index in [2.05, 4.69) is 25.9 Å². The third kappa shape index (κ3) is 3.28. The van der Waals surface area contributed by atoms with Gasteiger partial charge in [0.25, 0.3) is 0 Å². The van der Waals surface area contributed by atoms with Gasteiger partial charge in [0.2, 0.25) is 0 Å². The number of ketones is 1. The zero-order valence-corrected chi connectivity index (χ0v) is 12.1. The quantitative estimate of drug-likeness (QED) is 0.790. The molecule has 2 aromatic rings. The maximum Gasteiger partial charge on any atom is 0.188 e. The zero-order chi connectivity index (χ0) is 13.1. The minimum atomic E-state index is -0.188. The van der Waals surface area contributed by atoms with E-state index >= 15 is 0 Å². The Morgan fingerprint density at radius 3 is 2.61 bits per heavy atom. The monoisotopic (exact) mass is 344 g/mol. The molecular weight excluding hydrogens is 339 g/mol. The van der Waals surface area contributed by atoms with Crippen LogP contribution >= 0.6 is 39.1 Å². The van der Waals surface area contributed by atoms with Gasteiger partial charge in [-0.1, -0.05) is 23.2 Å². The topological polar surface area (TPSA) is 42.9 Å². The molecule has 0 aliphatic heterocycles. The molecule has 0 saturated heterocycles. The fourth-order valence-corrected chi connectivity index (χ4v) is 2.10. The van der Waals surface area contributed by atoms with E-state index in [-0.39, 0.29) is 22.9 Å². The minimum Gasteiger partial charge on any atom is -0.292 e. The molecular formula is C12H7BrCl2N2O. The molecule has 0 aliphatic rings. The predicted molar refractivity (Wildman–Crippen MR) is 74.2 cm³/mol. The van der Waals surface area contributed by atoms with Gasteiger partial charge in [-0.15, -0.1) is 0 Å². The number of pyridine rings is 2. The molecule has 0 aliphatic carbocycles. The molecule has 0 amide bonds. The van der Waals surface area contributed by atoms with Gasteiger partial charge in [0.15, 0.2) is 5.78 Å². The second kappa shape index (κ2) is 5.78. The van der Waals surface area contributed by atoms with Gasteiger partial charge in [0.1, 0.15) is 5.69 Å². The van der Waals surface area contributed by atoms with Crippen LogP contribution in [0.3, 0.4) is 0 Å². The average Bonchev–Trinajstić information content (AvgIpc) is 2.32. The molecule has 0 saturated carbocycles. The lowest BCUT2D eigenvalue weighted by Gasteiger charge is -2.03. The summed E-state index contributed by atoms with van der Waals surface area (Å²) in [5.74, 6) is -0.188. The van der Waals surface area contributed by atoms with Crippen LogP contribution in [0.2, 0.25) is 10.0 Å². The molecule has 2 heterocycles. The Kier molecular flexibility index (Phi) is 4.32. The average molecular weight is 346 g/mol. The second-order valence-electron chi connectivity index (χ2n) is 3.55. The van der Waals surface area contributed by atoms with Crippen molar-refractivity contribution in [3.8, 4) is 0 Å². The standard InChI is InChI=1S/C12H7BrCl2N2O/c13-7-1-2-9(16-5-7)4-11(18)12-10(15)3-8(14)6-17-12/h1-3,5-6H,4H2. The Labute approximate surface area is 122 Å². The Morgan fingerprint density at radius 2 is 2.00 bits per heavy atom. The summed E-state index contributed by atoms with van der Waals surface area (Å²) in [6, 6.07) is 5.09. The first-order valence-corrected chi connectivity index (χ1v) is 6.56. The van der Waals surface area contributed by atoms with Gasteiger partial charge in [-0.3, -0.25) is 9.78 Å². The summed E-state index contributed by atoms with van der Waals surface area (Å²) in [4.78, 5) is 20.1. The van der Waals surface area contributed by atoms with Crippen LogP contribution in [0.4, 0.5) is 0 Å². The molecule has 18 heavy (non-hydrogen) atoms. The van der Waals surface area contributed by atoms with Crippen molar-refractivity contribution in [2.75, 3.05) is 0 Å². The summed E-state index contributed by atoms with van der Waals surface area (Å²) in [5, 5.41) is 0.655. The third-order valence-electron chi connectivity index (χ3n) is 2.20. The molecule has 2 aromatic heterocycles. The highest BCUT2D eigenvalue weighted by molar-refractivity contribution is 9.10. The Hall–Kier alpha value is -0.970. The van der Waals surface area contributed by atoms with E-state index in [1.165, 1.54) is 12.3 Å². The van der Waals surface area contributed by atoms with Crippen molar-refractivity contribution in [1.82, 2.24) is 9.97 Å².